The summed E-state index contributed by atoms with van der Waals surface area (Å²) in [7, 11) is 0. The zero-order valence-corrected chi connectivity index (χ0v) is 13.8. The van der Waals surface area contributed by atoms with Crippen molar-refractivity contribution in [3.8, 4) is 0 Å². The third-order valence-corrected chi connectivity index (χ3v) is 4.50. The Hall–Kier alpha value is -2.94. The Kier molecular flexibility index (Phi) is 3.62. The molecular formula is C21H21N3. The molecule has 0 bridgehead atoms. The Bertz CT molecular complexity index is 1030. The van der Waals surface area contributed by atoms with Crippen LogP contribution in [0.25, 0.3) is 22.7 Å². The van der Waals surface area contributed by atoms with Crippen LogP contribution in [0.4, 0.5) is 5.69 Å². The van der Waals surface area contributed by atoms with Crippen LogP contribution < -0.4 is 21.4 Å². The van der Waals surface area contributed by atoms with Gasteiger partial charge in [-0.05, 0) is 36.8 Å². The normalized spacial score (nSPS) is 13.5. The van der Waals surface area contributed by atoms with Crippen LogP contribution in [-0.2, 0) is 6.54 Å². The number of aryl methyl sites for hydroxylation is 1. The quantitative estimate of drug-likeness (QED) is 0.724. The van der Waals surface area contributed by atoms with Crippen LogP contribution in [0.5, 0.6) is 0 Å². The molecule has 24 heavy (non-hydrogen) atoms. The van der Waals surface area contributed by atoms with Crippen LogP contribution in [0.3, 0.4) is 0 Å². The number of hydrazine groups is 1. The first-order valence-corrected chi connectivity index (χ1v) is 8.35. The first-order chi connectivity index (χ1) is 11.8. The predicted octanol–water partition coefficient (Wildman–Crippen LogP) is 3.13. The van der Waals surface area contributed by atoms with Crippen molar-refractivity contribution in [2.24, 2.45) is 0 Å². The van der Waals surface area contributed by atoms with Gasteiger partial charge in [-0.1, -0.05) is 43.0 Å². The second-order valence-corrected chi connectivity index (χ2v) is 6.10. The van der Waals surface area contributed by atoms with Crippen molar-refractivity contribution in [3.63, 3.8) is 0 Å². The molecule has 3 nitrogen and oxygen atoms in total. The summed E-state index contributed by atoms with van der Waals surface area (Å²) in [5, 5.41) is 3.81. The fourth-order valence-electron chi connectivity index (χ4n) is 3.47. The Morgan fingerprint density at radius 2 is 1.75 bits per heavy atom. The van der Waals surface area contributed by atoms with Crippen molar-refractivity contribution in [1.29, 1.82) is 0 Å². The van der Waals surface area contributed by atoms with Gasteiger partial charge in [0.25, 0.3) is 0 Å². The van der Waals surface area contributed by atoms with Gasteiger partial charge in [-0.3, -0.25) is 0 Å². The predicted molar refractivity (Wildman–Crippen MR) is 102 cm³/mol. The van der Waals surface area contributed by atoms with E-state index in [4.69, 9.17) is 0 Å². The van der Waals surface area contributed by atoms with Gasteiger partial charge in [0.2, 0.25) is 0 Å². The lowest BCUT2D eigenvalue weighted by atomic mass is 10.0. The van der Waals surface area contributed by atoms with Crippen molar-refractivity contribution in [2.45, 2.75) is 19.9 Å². The molecule has 0 saturated carbocycles. The van der Waals surface area contributed by atoms with Crippen LogP contribution in [0.1, 0.15) is 13.3 Å². The smallest absolute Gasteiger partial charge is 0.0706 e. The zero-order chi connectivity index (χ0) is 16.5. The monoisotopic (exact) mass is 315 g/mol. The van der Waals surface area contributed by atoms with Crippen molar-refractivity contribution in [3.05, 3.63) is 77.3 Å². The van der Waals surface area contributed by atoms with E-state index in [1.54, 1.807) is 0 Å². The van der Waals surface area contributed by atoms with Crippen LogP contribution in [0.2, 0.25) is 0 Å². The summed E-state index contributed by atoms with van der Waals surface area (Å²) in [4.78, 5) is 0. The van der Waals surface area contributed by atoms with Crippen LogP contribution in [0, 0.1) is 0 Å². The summed E-state index contributed by atoms with van der Waals surface area (Å²) < 4.78 is 2.38. The number of aromatic nitrogens is 1. The highest BCUT2D eigenvalue weighted by atomic mass is 15.4. The number of nitrogens with one attached hydrogen (secondary N) is 2. The lowest BCUT2D eigenvalue weighted by Gasteiger charge is -2.17. The van der Waals surface area contributed by atoms with Crippen LogP contribution >= 0.6 is 0 Å². The van der Waals surface area contributed by atoms with E-state index in [-0.39, 0.29) is 0 Å². The number of benzene rings is 2. The molecule has 2 N–H and O–H groups in total. The fraction of sp³-hybridized carbons (Fsp3) is 0.143. The molecule has 0 saturated heterocycles. The maximum atomic E-state index is 4.21. The van der Waals surface area contributed by atoms with Gasteiger partial charge in [0.15, 0.2) is 0 Å². The lowest BCUT2D eigenvalue weighted by molar-refractivity contribution is 0.757. The number of anilines is 1. The van der Waals surface area contributed by atoms with Crippen LogP contribution in [0.15, 0.2) is 66.7 Å². The van der Waals surface area contributed by atoms with Crippen molar-refractivity contribution >= 4 is 28.4 Å². The maximum Gasteiger partial charge on any atom is 0.0706 e. The van der Waals surface area contributed by atoms with Gasteiger partial charge in [0.1, 0.15) is 0 Å². The minimum atomic E-state index is 0.823. The number of hydrogen-bond donors (Lipinski definition) is 2. The highest BCUT2D eigenvalue weighted by Gasteiger charge is 2.14. The molecule has 2 aromatic carbocycles. The molecule has 1 heterocycles. The number of fused-ring (bicyclic) bond motifs is 3. The molecule has 1 aromatic heterocycles. The summed E-state index contributed by atoms with van der Waals surface area (Å²) in [5.41, 5.74) is 11.4. The molecule has 0 atom stereocenters. The van der Waals surface area contributed by atoms with E-state index >= 15 is 0 Å². The van der Waals surface area contributed by atoms with Gasteiger partial charge >= 0.3 is 0 Å². The molecular weight excluding hydrogens is 294 g/mol. The summed E-state index contributed by atoms with van der Waals surface area (Å²) in [6.45, 7) is 7.34. The number of rotatable bonds is 4. The SMILES string of the molecule is C=C1C=c2c(n(CC)c3ccccc23)=C(NNc2ccccc2)C1. The Morgan fingerprint density at radius 1 is 1.00 bits per heavy atom. The minimum Gasteiger partial charge on any atom is -0.339 e. The summed E-state index contributed by atoms with van der Waals surface area (Å²) in [6.07, 6.45) is 3.04. The number of para-hydroxylation sites is 2. The molecule has 0 radical (unpaired) electrons. The largest absolute Gasteiger partial charge is 0.339 e. The van der Waals surface area contributed by atoms with Gasteiger partial charge in [0.05, 0.1) is 16.7 Å². The minimum absolute atomic E-state index is 0.823. The molecule has 0 spiro atoms. The zero-order valence-electron chi connectivity index (χ0n) is 13.8. The van der Waals surface area contributed by atoms with E-state index in [2.05, 4.69) is 59.3 Å². The molecule has 0 fully saturated rings. The standard InChI is InChI=1S/C21H21N3/c1-3-24-20-12-8-7-11-17(20)18-13-15(2)14-19(21(18)24)23-22-16-9-5-4-6-10-16/h4-13,22-23H,2-3,14H2,1H3. The topological polar surface area (TPSA) is 29.0 Å². The van der Waals surface area contributed by atoms with Crippen molar-refractivity contribution in [1.82, 2.24) is 9.99 Å². The lowest BCUT2D eigenvalue weighted by Crippen LogP contribution is -2.39. The van der Waals surface area contributed by atoms with Gasteiger partial charge < -0.3 is 15.4 Å². The number of hydrogen-bond acceptors (Lipinski definition) is 2. The van der Waals surface area contributed by atoms with E-state index in [1.807, 2.05) is 30.3 Å². The van der Waals surface area contributed by atoms with E-state index in [9.17, 15) is 0 Å². The summed E-state index contributed by atoms with van der Waals surface area (Å²) in [5.74, 6) is 0. The van der Waals surface area contributed by atoms with Crippen molar-refractivity contribution in [2.75, 3.05) is 5.43 Å². The Labute approximate surface area is 141 Å². The Morgan fingerprint density at radius 3 is 2.54 bits per heavy atom. The number of nitrogens with zero attached hydrogens (tertiary/aromatic N) is 1. The van der Waals surface area contributed by atoms with Gasteiger partial charge in [-0.2, -0.15) is 0 Å². The van der Waals surface area contributed by atoms with Gasteiger partial charge in [0, 0.05) is 29.1 Å². The second-order valence-electron chi connectivity index (χ2n) is 6.10. The highest BCUT2D eigenvalue weighted by Crippen LogP contribution is 2.16. The maximum absolute atomic E-state index is 4.21. The van der Waals surface area contributed by atoms with Crippen molar-refractivity contribution < 1.29 is 0 Å². The molecule has 3 heteroatoms. The highest BCUT2D eigenvalue weighted by molar-refractivity contribution is 5.85. The first-order valence-electron chi connectivity index (χ1n) is 8.35. The van der Waals surface area contributed by atoms with Gasteiger partial charge in [-0.15, -0.1) is 0 Å². The van der Waals surface area contributed by atoms with E-state index in [1.165, 1.54) is 27.2 Å². The first kappa shape index (κ1) is 14.6. The molecule has 4 rings (SSSR count). The van der Waals surface area contributed by atoms with E-state index in [0.29, 0.717) is 0 Å². The van der Waals surface area contributed by atoms with Crippen LogP contribution in [-0.4, -0.2) is 4.57 Å². The average Bonchev–Trinajstić information content (AvgIpc) is 2.94. The molecule has 1 aliphatic carbocycles. The molecule has 120 valence electrons. The molecule has 1 aliphatic rings. The molecule has 0 unspecified atom stereocenters. The third-order valence-electron chi connectivity index (χ3n) is 4.50. The molecule has 0 aliphatic heterocycles. The van der Waals surface area contributed by atoms with Gasteiger partial charge in [-0.25, -0.2) is 0 Å². The third kappa shape index (κ3) is 2.38. The van der Waals surface area contributed by atoms with E-state index in [0.717, 1.165) is 24.2 Å². The summed E-state index contributed by atoms with van der Waals surface area (Å²) in [6, 6.07) is 18.7. The average molecular weight is 315 g/mol. The second kappa shape index (κ2) is 5.93. The summed E-state index contributed by atoms with van der Waals surface area (Å²) >= 11 is 0. The fourth-order valence-corrected chi connectivity index (χ4v) is 3.47. The molecule has 3 aromatic rings. The van der Waals surface area contributed by atoms with E-state index < -0.39 is 0 Å². The molecule has 0 amide bonds. The Balaban J connectivity index is 1.90.